The summed E-state index contributed by atoms with van der Waals surface area (Å²) in [4.78, 5) is 11.6. The normalized spacial score (nSPS) is 15.5. The van der Waals surface area contributed by atoms with Crippen molar-refractivity contribution in [3.63, 3.8) is 0 Å². The standard InChI is InChI=1S/C19H22N2O4S/c1-19(2)11-15-9-6-10-16(18(15)25-19)26(23,24)21(13-17(20)22)12-14-7-4-3-5-8-14/h3-10H,11-13H2,1-2H3,(H2,20,22). The predicted octanol–water partition coefficient (Wildman–Crippen LogP) is 2.08. The minimum absolute atomic E-state index is 0.0547. The quantitative estimate of drug-likeness (QED) is 0.838. The average Bonchev–Trinajstić information content (AvgIpc) is 2.88. The fourth-order valence-corrected chi connectivity index (χ4v) is 4.67. The molecule has 138 valence electrons. The van der Waals surface area contributed by atoms with E-state index >= 15 is 0 Å². The number of rotatable bonds is 6. The van der Waals surface area contributed by atoms with Crippen LogP contribution in [0.3, 0.4) is 0 Å². The topological polar surface area (TPSA) is 89.7 Å². The van der Waals surface area contributed by atoms with Crippen molar-refractivity contribution in [2.45, 2.75) is 37.3 Å². The van der Waals surface area contributed by atoms with Gasteiger partial charge in [-0.15, -0.1) is 0 Å². The third-order valence-electron chi connectivity index (χ3n) is 4.21. The fraction of sp³-hybridized carbons (Fsp3) is 0.316. The van der Waals surface area contributed by atoms with Crippen LogP contribution in [0.4, 0.5) is 0 Å². The molecule has 0 atom stereocenters. The van der Waals surface area contributed by atoms with E-state index in [9.17, 15) is 13.2 Å². The number of primary amides is 1. The fourth-order valence-electron chi connectivity index (χ4n) is 3.12. The molecule has 0 aliphatic carbocycles. The lowest BCUT2D eigenvalue weighted by molar-refractivity contribution is -0.118. The highest BCUT2D eigenvalue weighted by atomic mass is 32.2. The van der Waals surface area contributed by atoms with Crippen molar-refractivity contribution in [1.82, 2.24) is 4.31 Å². The Bertz CT molecular complexity index is 924. The highest BCUT2D eigenvalue weighted by Gasteiger charge is 2.37. The molecule has 1 heterocycles. The van der Waals surface area contributed by atoms with Crippen LogP contribution < -0.4 is 10.5 Å². The summed E-state index contributed by atoms with van der Waals surface area (Å²) >= 11 is 0. The van der Waals surface area contributed by atoms with Gasteiger partial charge in [-0.3, -0.25) is 4.79 Å². The maximum Gasteiger partial charge on any atom is 0.247 e. The molecular weight excluding hydrogens is 352 g/mol. The van der Waals surface area contributed by atoms with Crippen LogP contribution in [0, 0.1) is 0 Å². The van der Waals surface area contributed by atoms with Gasteiger partial charge in [0.1, 0.15) is 16.2 Å². The number of para-hydroxylation sites is 1. The van der Waals surface area contributed by atoms with Gasteiger partial charge < -0.3 is 10.5 Å². The number of carbonyl (C=O) groups is 1. The number of ether oxygens (including phenoxy) is 1. The Hall–Kier alpha value is -2.38. The van der Waals surface area contributed by atoms with Crippen LogP contribution in [0.5, 0.6) is 5.75 Å². The second kappa shape index (κ2) is 6.74. The van der Waals surface area contributed by atoms with Crippen molar-refractivity contribution in [3.8, 4) is 5.75 Å². The van der Waals surface area contributed by atoms with Crippen LogP contribution >= 0.6 is 0 Å². The molecule has 0 saturated heterocycles. The van der Waals surface area contributed by atoms with E-state index < -0.39 is 28.1 Å². The summed E-state index contributed by atoms with van der Waals surface area (Å²) in [5, 5.41) is 0. The number of nitrogens with two attached hydrogens (primary N) is 1. The molecule has 26 heavy (non-hydrogen) atoms. The molecule has 2 aromatic carbocycles. The molecule has 2 N–H and O–H groups in total. The van der Waals surface area contributed by atoms with Gasteiger partial charge >= 0.3 is 0 Å². The Morgan fingerprint density at radius 2 is 1.85 bits per heavy atom. The zero-order valence-electron chi connectivity index (χ0n) is 14.8. The summed E-state index contributed by atoms with van der Waals surface area (Å²) in [6.45, 7) is 3.48. The lowest BCUT2D eigenvalue weighted by atomic mass is 10.0. The Labute approximate surface area is 153 Å². The molecule has 0 unspecified atom stereocenters. The maximum absolute atomic E-state index is 13.3. The monoisotopic (exact) mass is 374 g/mol. The molecule has 1 aliphatic heterocycles. The lowest BCUT2D eigenvalue weighted by Crippen LogP contribution is -2.38. The first-order valence-electron chi connectivity index (χ1n) is 8.32. The number of carbonyl (C=O) groups excluding carboxylic acids is 1. The van der Waals surface area contributed by atoms with Gasteiger partial charge in [-0.05, 0) is 31.0 Å². The van der Waals surface area contributed by atoms with Crippen molar-refractivity contribution in [3.05, 3.63) is 59.7 Å². The second-order valence-corrected chi connectivity index (χ2v) is 8.91. The first-order valence-corrected chi connectivity index (χ1v) is 9.76. The third-order valence-corrected chi connectivity index (χ3v) is 6.02. The van der Waals surface area contributed by atoms with E-state index in [1.807, 2.05) is 38.1 Å². The SMILES string of the molecule is CC1(C)Cc2cccc(S(=O)(=O)N(CC(N)=O)Cc3ccccc3)c2O1. The van der Waals surface area contributed by atoms with E-state index in [1.165, 1.54) is 6.07 Å². The molecule has 1 aliphatic rings. The molecular formula is C19H22N2O4S. The molecule has 0 saturated carbocycles. The molecule has 3 rings (SSSR count). The largest absolute Gasteiger partial charge is 0.486 e. The number of hydrogen-bond donors (Lipinski definition) is 1. The molecule has 1 amide bonds. The van der Waals surface area contributed by atoms with Crippen molar-refractivity contribution in [2.75, 3.05) is 6.54 Å². The Morgan fingerprint density at radius 1 is 1.15 bits per heavy atom. The number of benzene rings is 2. The van der Waals surface area contributed by atoms with E-state index in [2.05, 4.69) is 0 Å². The molecule has 0 bridgehead atoms. The summed E-state index contributed by atoms with van der Waals surface area (Å²) in [6, 6.07) is 14.1. The summed E-state index contributed by atoms with van der Waals surface area (Å²) in [5.74, 6) is -0.349. The number of hydrogen-bond acceptors (Lipinski definition) is 4. The van der Waals surface area contributed by atoms with Gasteiger partial charge in [-0.2, -0.15) is 4.31 Å². The third kappa shape index (κ3) is 3.73. The van der Waals surface area contributed by atoms with Crippen molar-refractivity contribution in [1.29, 1.82) is 0 Å². The number of amides is 1. The van der Waals surface area contributed by atoms with Gasteiger partial charge in [-0.25, -0.2) is 8.42 Å². The van der Waals surface area contributed by atoms with Crippen LogP contribution in [0.2, 0.25) is 0 Å². The summed E-state index contributed by atoms with van der Waals surface area (Å²) < 4.78 is 33.5. The van der Waals surface area contributed by atoms with E-state index in [0.717, 1.165) is 15.4 Å². The second-order valence-electron chi connectivity index (χ2n) is 7.01. The summed E-state index contributed by atoms with van der Waals surface area (Å²) in [5.41, 5.74) is 6.44. The first-order chi connectivity index (χ1) is 12.2. The van der Waals surface area contributed by atoms with Crippen molar-refractivity contribution >= 4 is 15.9 Å². The first kappa shape index (κ1) is 18.4. The van der Waals surface area contributed by atoms with Crippen molar-refractivity contribution in [2.24, 2.45) is 5.73 Å². The maximum atomic E-state index is 13.3. The van der Waals surface area contributed by atoms with Crippen LogP contribution in [-0.4, -0.2) is 30.8 Å². The van der Waals surface area contributed by atoms with Gasteiger partial charge in [0.05, 0.1) is 6.54 Å². The number of sulfonamides is 1. The number of nitrogens with zero attached hydrogens (tertiary/aromatic N) is 1. The van der Waals surface area contributed by atoms with Gasteiger partial charge in [-0.1, -0.05) is 42.5 Å². The van der Waals surface area contributed by atoms with E-state index in [4.69, 9.17) is 10.5 Å². The van der Waals surface area contributed by atoms with Gasteiger partial charge in [0, 0.05) is 13.0 Å². The zero-order chi connectivity index (χ0) is 18.9. The van der Waals surface area contributed by atoms with Crippen LogP contribution in [0.1, 0.15) is 25.0 Å². The zero-order valence-corrected chi connectivity index (χ0v) is 15.6. The smallest absolute Gasteiger partial charge is 0.247 e. The lowest BCUT2D eigenvalue weighted by Gasteiger charge is -2.23. The molecule has 7 heteroatoms. The summed E-state index contributed by atoms with van der Waals surface area (Å²) in [7, 11) is -3.96. The minimum Gasteiger partial charge on any atom is -0.486 e. The van der Waals surface area contributed by atoms with Gasteiger partial charge in [0.2, 0.25) is 15.9 Å². The molecule has 0 fully saturated rings. The molecule has 0 aromatic heterocycles. The van der Waals surface area contributed by atoms with Crippen LogP contribution in [-0.2, 0) is 27.8 Å². The minimum atomic E-state index is -3.96. The average molecular weight is 374 g/mol. The van der Waals surface area contributed by atoms with Gasteiger partial charge in [0.15, 0.2) is 0 Å². The van der Waals surface area contributed by atoms with Crippen LogP contribution in [0.15, 0.2) is 53.4 Å². The van der Waals surface area contributed by atoms with Gasteiger partial charge in [0.25, 0.3) is 0 Å². The molecule has 0 radical (unpaired) electrons. The number of fused-ring (bicyclic) bond motifs is 1. The highest BCUT2D eigenvalue weighted by Crippen LogP contribution is 2.40. The molecule has 2 aromatic rings. The predicted molar refractivity (Wildman–Crippen MR) is 98.1 cm³/mol. The van der Waals surface area contributed by atoms with Crippen LogP contribution in [0.25, 0.3) is 0 Å². The van der Waals surface area contributed by atoms with Crippen molar-refractivity contribution < 1.29 is 17.9 Å². The Morgan fingerprint density at radius 3 is 2.50 bits per heavy atom. The van der Waals surface area contributed by atoms with E-state index in [0.29, 0.717) is 12.2 Å². The molecule has 6 nitrogen and oxygen atoms in total. The Kier molecular flexibility index (Phi) is 4.77. The van der Waals surface area contributed by atoms with E-state index in [-0.39, 0.29) is 11.4 Å². The Balaban J connectivity index is 2.02. The highest BCUT2D eigenvalue weighted by molar-refractivity contribution is 7.89. The van der Waals surface area contributed by atoms with E-state index in [1.54, 1.807) is 18.2 Å². The molecule has 0 spiro atoms. The summed E-state index contributed by atoms with van der Waals surface area (Å²) in [6.07, 6.45) is 0.625.